The van der Waals surface area contributed by atoms with Gasteiger partial charge in [0.05, 0.1) is 0 Å². The van der Waals surface area contributed by atoms with Gasteiger partial charge in [-0.25, -0.2) is 0 Å². The van der Waals surface area contributed by atoms with E-state index in [4.69, 9.17) is 9.47 Å². The van der Waals surface area contributed by atoms with Gasteiger partial charge in [0.15, 0.2) is 0 Å². The van der Waals surface area contributed by atoms with Gasteiger partial charge in [0.1, 0.15) is 13.2 Å². The van der Waals surface area contributed by atoms with Crippen molar-refractivity contribution < 1.29 is 19.1 Å². The zero-order chi connectivity index (χ0) is 23.6. The summed E-state index contributed by atoms with van der Waals surface area (Å²) in [5.41, 5.74) is 0. The summed E-state index contributed by atoms with van der Waals surface area (Å²) in [4.78, 5) is 22.4. The van der Waals surface area contributed by atoms with Crippen molar-refractivity contribution >= 4 is 11.9 Å². The lowest BCUT2D eigenvalue weighted by atomic mass is 10.2. The standard InChI is InChI=1S/C14H26O4.5C2H4/c1-3-5-7-9-13(15)17-11-12-18-14(16)10-8-6-4-2;5*1-2/h3-12H2,1-2H3;5*1-2H2. The largest absolute Gasteiger partial charge is 0.462 e. The van der Waals surface area contributed by atoms with Crippen LogP contribution in [0.3, 0.4) is 0 Å². The molecule has 0 aromatic heterocycles. The Kier molecular flexibility index (Phi) is 81.1. The molecule has 0 aliphatic heterocycles. The molecule has 0 unspecified atom stereocenters. The highest BCUT2D eigenvalue weighted by atomic mass is 16.6. The van der Waals surface area contributed by atoms with E-state index in [-0.39, 0.29) is 25.2 Å². The fraction of sp³-hybridized carbons (Fsp3) is 0.500. The van der Waals surface area contributed by atoms with Crippen molar-refractivity contribution in [3.05, 3.63) is 65.8 Å². The summed E-state index contributed by atoms with van der Waals surface area (Å²) < 4.78 is 9.90. The van der Waals surface area contributed by atoms with E-state index < -0.39 is 0 Å². The first kappa shape index (κ1) is 40.4. The second-order valence-corrected chi connectivity index (χ2v) is 4.36. The molecule has 0 fully saturated rings. The smallest absolute Gasteiger partial charge is 0.305 e. The summed E-state index contributed by atoms with van der Waals surface area (Å²) in [5.74, 6) is -0.407. The Hall–Kier alpha value is -2.36. The maximum Gasteiger partial charge on any atom is 0.305 e. The third-order valence-corrected chi connectivity index (χ3v) is 2.58. The summed E-state index contributed by atoms with van der Waals surface area (Å²) in [6, 6.07) is 0. The highest BCUT2D eigenvalue weighted by Gasteiger charge is 2.04. The molecule has 0 aliphatic carbocycles. The zero-order valence-corrected chi connectivity index (χ0v) is 18.8. The molecule has 0 amide bonds. The van der Waals surface area contributed by atoms with Crippen LogP contribution in [0, 0.1) is 0 Å². The summed E-state index contributed by atoms with van der Waals surface area (Å²) in [6.45, 7) is 34.5. The van der Waals surface area contributed by atoms with E-state index >= 15 is 0 Å². The quantitative estimate of drug-likeness (QED) is 0.209. The first-order valence-corrected chi connectivity index (χ1v) is 9.52. The van der Waals surface area contributed by atoms with Crippen LogP contribution in [0.2, 0.25) is 0 Å². The van der Waals surface area contributed by atoms with E-state index in [0.717, 1.165) is 38.5 Å². The summed E-state index contributed by atoms with van der Waals surface area (Å²) >= 11 is 0. The average molecular weight is 399 g/mol. The molecular formula is C24H46O4. The molecule has 0 radical (unpaired) electrons. The molecule has 0 spiro atoms. The predicted molar refractivity (Wildman–Crippen MR) is 126 cm³/mol. The van der Waals surface area contributed by atoms with Crippen LogP contribution >= 0.6 is 0 Å². The fourth-order valence-electron chi connectivity index (χ4n) is 1.49. The van der Waals surface area contributed by atoms with Crippen molar-refractivity contribution in [1.82, 2.24) is 0 Å². The van der Waals surface area contributed by atoms with Gasteiger partial charge in [-0.1, -0.05) is 39.5 Å². The van der Waals surface area contributed by atoms with Crippen LogP contribution in [0.4, 0.5) is 0 Å². The average Bonchev–Trinajstić information content (AvgIpc) is 2.78. The molecule has 0 bridgehead atoms. The van der Waals surface area contributed by atoms with E-state index in [2.05, 4.69) is 79.6 Å². The lowest BCUT2D eigenvalue weighted by molar-refractivity contribution is -0.152. The van der Waals surface area contributed by atoms with E-state index in [1.54, 1.807) is 0 Å². The second-order valence-electron chi connectivity index (χ2n) is 4.36. The summed E-state index contributed by atoms with van der Waals surface area (Å²) in [7, 11) is 0. The number of hydrogen-bond donors (Lipinski definition) is 0. The van der Waals surface area contributed by atoms with Crippen molar-refractivity contribution in [2.24, 2.45) is 0 Å². The number of carbonyl (C=O) groups is 2. The third-order valence-electron chi connectivity index (χ3n) is 2.58. The van der Waals surface area contributed by atoms with Crippen LogP contribution in [0.25, 0.3) is 0 Å². The molecule has 0 aromatic carbocycles. The van der Waals surface area contributed by atoms with Gasteiger partial charge in [0, 0.05) is 12.8 Å². The van der Waals surface area contributed by atoms with Gasteiger partial charge in [-0.2, -0.15) is 0 Å². The molecule has 0 aliphatic rings. The van der Waals surface area contributed by atoms with Crippen molar-refractivity contribution in [3.8, 4) is 0 Å². The minimum Gasteiger partial charge on any atom is -0.462 e. The second kappa shape index (κ2) is 56.3. The zero-order valence-electron chi connectivity index (χ0n) is 18.8. The number of unbranched alkanes of at least 4 members (excludes halogenated alkanes) is 4. The summed E-state index contributed by atoms with van der Waals surface area (Å²) in [6.07, 6.45) is 6.91. The Morgan fingerprint density at radius 1 is 0.536 bits per heavy atom. The Morgan fingerprint density at radius 3 is 1.00 bits per heavy atom. The number of ether oxygens (including phenoxy) is 2. The number of hydrogen-bond acceptors (Lipinski definition) is 4. The van der Waals surface area contributed by atoms with Gasteiger partial charge in [0.2, 0.25) is 0 Å². The van der Waals surface area contributed by atoms with E-state index in [1.807, 2.05) is 0 Å². The van der Waals surface area contributed by atoms with Crippen LogP contribution in [-0.2, 0) is 19.1 Å². The minimum absolute atomic E-state index is 0.171. The van der Waals surface area contributed by atoms with Crippen molar-refractivity contribution in [3.63, 3.8) is 0 Å². The Labute approximate surface area is 175 Å². The lowest BCUT2D eigenvalue weighted by Crippen LogP contribution is -2.13. The molecule has 4 heteroatoms. The molecule has 166 valence electrons. The molecular weight excluding hydrogens is 352 g/mol. The van der Waals surface area contributed by atoms with Gasteiger partial charge in [-0.05, 0) is 12.8 Å². The number of carbonyl (C=O) groups excluding carboxylic acids is 2. The Balaban J connectivity index is -0.000000104. The van der Waals surface area contributed by atoms with E-state index in [1.165, 1.54) is 0 Å². The predicted octanol–water partition coefficient (Wildman–Crippen LogP) is 7.24. The molecule has 0 aromatic rings. The Bertz CT molecular complexity index is 255. The summed E-state index contributed by atoms with van der Waals surface area (Å²) in [5, 5.41) is 0. The number of rotatable bonds is 11. The fourth-order valence-corrected chi connectivity index (χ4v) is 1.49. The van der Waals surface area contributed by atoms with Crippen LogP contribution < -0.4 is 0 Å². The first-order chi connectivity index (χ1) is 13.7. The van der Waals surface area contributed by atoms with Crippen LogP contribution in [0.15, 0.2) is 65.8 Å². The molecule has 0 N–H and O–H groups in total. The van der Waals surface area contributed by atoms with Gasteiger partial charge in [-0.3, -0.25) is 9.59 Å². The Morgan fingerprint density at radius 2 is 0.786 bits per heavy atom. The van der Waals surface area contributed by atoms with Crippen molar-refractivity contribution in [2.45, 2.75) is 65.2 Å². The first-order valence-electron chi connectivity index (χ1n) is 9.52. The molecule has 0 saturated carbocycles. The molecule has 0 rings (SSSR count). The van der Waals surface area contributed by atoms with E-state index in [9.17, 15) is 9.59 Å². The highest BCUT2D eigenvalue weighted by molar-refractivity contribution is 5.70. The van der Waals surface area contributed by atoms with Crippen LogP contribution in [0.5, 0.6) is 0 Å². The van der Waals surface area contributed by atoms with Gasteiger partial charge < -0.3 is 9.47 Å². The SMILES string of the molecule is C=C.C=C.C=C.C=C.C=C.CCCCCC(=O)OCCOC(=O)CCCCC. The number of esters is 2. The minimum atomic E-state index is -0.203. The van der Waals surface area contributed by atoms with Gasteiger partial charge >= 0.3 is 11.9 Å². The maximum absolute atomic E-state index is 11.2. The molecule has 0 atom stereocenters. The molecule has 0 heterocycles. The van der Waals surface area contributed by atoms with Gasteiger partial charge in [0.25, 0.3) is 0 Å². The van der Waals surface area contributed by atoms with E-state index in [0.29, 0.717) is 12.8 Å². The maximum atomic E-state index is 11.2. The van der Waals surface area contributed by atoms with Gasteiger partial charge in [-0.15, -0.1) is 65.8 Å². The van der Waals surface area contributed by atoms with Crippen LogP contribution in [0.1, 0.15) is 65.2 Å². The van der Waals surface area contributed by atoms with Crippen LogP contribution in [-0.4, -0.2) is 25.2 Å². The third kappa shape index (κ3) is 56.5. The van der Waals surface area contributed by atoms with Crippen molar-refractivity contribution in [1.29, 1.82) is 0 Å². The molecule has 4 nitrogen and oxygen atoms in total. The lowest BCUT2D eigenvalue weighted by Gasteiger charge is -2.06. The molecule has 0 saturated heterocycles. The monoisotopic (exact) mass is 398 g/mol. The highest BCUT2D eigenvalue weighted by Crippen LogP contribution is 2.02. The normalized spacial score (nSPS) is 7.21. The van der Waals surface area contributed by atoms with Crippen molar-refractivity contribution in [2.75, 3.05) is 13.2 Å². The molecule has 28 heavy (non-hydrogen) atoms. The topological polar surface area (TPSA) is 52.6 Å².